The third kappa shape index (κ3) is 3.28. The van der Waals surface area contributed by atoms with Crippen LogP contribution in [0.5, 0.6) is 5.75 Å². The summed E-state index contributed by atoms with van der Waals surface area (Å²) >= 11 is 3.44. The van der Waals surface area contributed by atoms with E-state index in [4.69, 9.17) is 4.74 Å². The van der Waals surface area contributed by atoms with Crippen molar-refractivity contribution in [3.8, 4) is 11.8 Å². The molecule has 0 atom stereocenters. The molecule has 0 saturated heterocycles. The molecule has 0 aliphatic rings. The maximum absolute atomic E-state index is 9.37. The third-order valence-electron chi connectivity index (χ3n) is 2.97. The van der Waals surface area contributed by atoms with E-state index in [-0.39, 0.29) is 0 Å². The summed E-state index contributed by atoms with van der Waals surface area (Å²) in [7, 11) is 1.62. The van der Waals surface area contributed by atoms with E-state index in [1.165, 1.54) is 5.56 Å². The number of allylic oxidation sites excluding steroid dienone is 1. The lowest BCUT2D eigenvalue weighted by atomic mass is 10.0. The van der Waals surface area contributed by atoms with Crippen LogP contribution in [0.15, 0.2) is 46.9 Å². The van der Waals surface area contributed by atoms with Crippen LogP contribution in [0.4, 0.5) is 0 Å². The fraction of sp³-hybridized carbons (Fsp3) is 0.118. The highest BCUT2D eigenvalue weighted by atomic mass is 79.9. The predicted molar refractivity (Wildman–Crippen MR) is 85.4 cm³/mol. The number of nitrogens with zero attached hydrogens (tertiary/aromatic N) is 1. The summed E-state index contributed by atoms with van der Waals surface area (Å²) < 4.78 is 6.28. The molecule has 0 unspecified atom stereocenters. The molecule has 0 amide bonds. The monoisotopic (exact) mass is 327 g/mol. The summed E-state index contributed by atoms with van der Waals surface area (Å²) in [6, 6.07) is 15.9. The Hall–Kier alpha value is -2.05. The van der Waals surface area contributed by atoms with E-state index in [1.54, 1.807) is 7.11 Å². The van der Waals surface area contributed by atoms with Crippen LogP contribution >= 0.6 is 15.9 Å². The zero-order valence-corrected chi connectivity index (χ0v) is 12.9. The Morgan fingerprint density at radius 2 is 1.90 bits per heavy atom. The SMILES string of the molecule is COc1ccc(Br)cc1/C=C(/C#N)c1ccc(C)cc1. The van der Waals surface area contributed by atoms with E-state index >= 15 is 0 Å². The van der Waals surface area contributed by atoms with Crippen molar-refractivity contribution in [3.63, 3.8) is 0 Å². The number of aryl methyl sites for hydroxylation is 1. The summed E-state index contributed by atoms with van der Waals surface area (Å²) in [5.41, 5.74) is 3.56. The molecule has 2 aromatic carbocycles. The second-order valence-electron chi connectivity index (χ2n) is 4.42. The van der Waals surface area contributed by atoms with Gasteiger partial charge in [0.05, 0.1) is 18.8 Å². The first-order valence-corrected chi connectivity index (χ1v) is 6.95. The van der Waals surface area contributed by atoms with Gasteiger partial charge in [0.15, 0.2) is 0 Å². The van der Waals surface area contributed by atoms with Crippen molar-refractivity contribution in [2.24, 2.45) is 0 Å². The van der Waals surface area contributed by atoms with Crippen LogP contribution in [-0.4, -0.2) is 7.11 Å². The molecule has 0 saturated carbocycles. The number of methoxy groups -OCH3 is 1. The highest BCUT2D eigenvalue weighted by molar-refractivity contribution is 9.10. The molecule has 2 nitrogen and oxygen atoms in total. The Morgan fingerprint density at radius 1 is 1.20 bits per heavy atom. The van der Waals surface area contributed by atoms with Crippen molar-refractivity contribution < 1.29 is 4.74 Å². The average molecular weight is 328 g/mol. The van der Waals surface area contributed by atoms with Gasteiger partial charge in [0.2, 0.25) is 0 Å². The molecule has 0 bridgehead atoms. The molecule has 100 valence electrons. The van der Waals surface area contributed by atoms with Gasteiger partial charge in [-0.15, -0.1) is 0 Å². The molecule has 0 radical (unpaired) electrons. The largest absolute Gasteiger partial charge is 0.496 e. The second kappa shape index (κ2) is 6.40. The highest BCUT2D eigenvalue weighted by Gasteiger charge is 2.05. The topological polar surface area (TPSA) is 33.0 Å². The van der Waals surface area contributed by atoms with Gasteiger partial charge in [-0.2, -0.15) is 5.26 Å². The molecule has 3 heteroatoms. The first kappa shape index (κ1) is 14.4. The van der Waals surface area contributed by atoms with Gasteiger partial charge in [0.25, 0.3) is 0 Å². The quantitative estimate of drug-likeness (QED) is 0.597. The summed E-state index contributed by atoms with van der Waals surface area (Å²) in [6.45, 7) is 2.02. The molecule has 2 rings (SSSR count). The van der Waals surface area contributed by atoms with Gasteiger partial charge in [-0.25, -0.2) is 0 Å². The van der Waals surface area contributed by atoms with E-state index in [2.05, 4.69) is 22.0 Å². The predicted octanol–water partition coefficient (Wildman–Crippen LogP) is 4.83. The number of benzene rings is 2. The second-order valence-corrected chi connectivity index (χ2v) is 5.34. The number of hydrogen-bond donors (Lipinski definition) is 0. The minimum Gasteiger partial charge on any atom is -0.496 e. The maximum atomic E-state index is 9.37. The first-order valence-electron chi connectivity index (χ1n) is 6.16. The zero-order chi connectivity index (χ0) is 14.5. The molecule has 0 spiro atoms. The third-order valence-corrected chi connectivity index (χ3v) is 3.47. The molecule has 0 aliphatic heterocycles. The zero-order valence-electron chi connectivity index (χ0n) is 11.4. The number of nitriles is 1. The Morgan fingerprint density at radius 3 is 2.50 bits per heavy atom. The van der Waals surface area contributed by atoms with E-state index in [1.807, 2.05) is 55.5 Å². The standard InChI is InChI=1S/C17H14BrNO/c1-12-3-5-13(6-4-12)15(11-19)9-14-10-16(18)7-8-17(14)20-2/h3-10H,1-2H3/b15-9-. The van der Waals surface area contributed by atoms with E-state index in [0.717, 1.165) is 21.3 Å². The van der Waals surface area contributed by atoms with Gasteiger partial charge in [0.1, 0.15) is 5.75 Å². The van der Waals surface area contributed by atoms with Crippen LogP contribution in [0.1, 0.15) is 16.7 Å². The molecule has 0 aliphatic carbocycles. The highest BCUT2D eigenvalue weighted by Crippen LogP contribution is 2.27. The normalized spacial score (nSPS) is 11.0. The Labute approximate surface area is 127 Å². The van der Waals surface area contributed by atoms with Gasteiger partial charge in [-0.05, 0) is 36.8 Å². The Balaban J connectivity index is 2.49. The lowest BCUT2D eigenvalue weighted by Gasteiger charge is -2.06. The average Bonchev–Trinajstić information content (AvgIpc) is 2.46. The molecule has 0 aromatic heterocycles. The Kier molecular flexibility index (Phi) is 4.60. The van der Waals surface area contributed by atoms with Crippen LogP contribution in [0, 0.1) is 18.3 Å². The summed E-state index contributed by atoms with van der Waals surface area (Å²) in [5.74, 6) is 0.744. The summed E-state index contributed by atoms with van der Waals surface area (Å²) in [4.78, 5) is 0. The van der Waals surface area contributed by atoms with Crippen LogP contribution in [-0.2, 0) is 0 Å². The Bertz CT molecular complexity index is 681. The summed E-state index contributed by atoms with van der Waals surface area (Å²) in [5, 5.41) is 9.37. The molecule has 0 fully saturated rings. The molecule has 20 heavy (non-hydrogen) atoms. The maximum Gasteiger partial charge on any atom is 0.126 e. The lowest BCUT2D eigenvalue weighted by molar-refractivity contribution is 0.414. The van der Waals surface area contributed by atoms with E-state index in [0.29, 0.717) is 5.57 Å². The van der Waals surface area contributed by atoms with E-state index < -0.39 is 0 Å². The number of halogens is 1. The van der Waals surface area contributed by atoms with Crippen LogP contribution in [0.3, 0.4) is 0 Å². The first-order chi connectivity index (χ1) is 9.63. The van der Waals surface area contributed by atoms with Crippen molar-refractivity contribution in [1.82, 2.24) is 0 Å². The van der Waals surface area contributed by atoms with E-state index in [9.17, 15) is 5.26 Å². The smallest absolute Gasteiger partial charge is 0.126 e. The number of rotatable bonds is 3. The number of ether oxygens (including phenoxy) is 1. The molecule has 2 aromatic rings. The molecule has 0 N–H and O–H groups in total. The van der Waals surface area contributed by atoms with Crippen molar-refractivity contribution in [2.45, 2.75) is 6.92 Å². The van der Waals surface area contributed by atoms with Crippen LogP contribution < -0.4 is 4.74 Å². The van der Waals surface area contributed by atoms with Crippen molar-refractivity contribution >= 4 is 27.6 Å². The minimum absolute atomic E-state index is 0.612. The molecular formula is C17H14BrNO. The van der Waals surface area contributed by atoms with Crippen molar-refractivity contribution in [2.75, 3.05) is 7.11 Å². The van der Waals surface area contributed by atoms with Gasteiger partial charge < -0.3 is 4.74 Å². The van der Waals surface area contributed by atoms with Gasteiger partial charge in [-0.3, -0.25) is 0 Å². The molecule has 0 heterocycles. The molecular weight excluding hydrogens is 314 g/mol. The van der Waals surface area contributed by atoms with Gasteiger partial charge in [0, 0.05) is 10.0 Å². The number of hydrogen-bond acceptors (Lipinski definition) is 2. The van der Waals surface area contributed by atoms with Crippen LogP contribution in [0.25, 0.3) is 11.6 Å². The van der Waals surface area contributed by atoms with Crippen molar-refractivity contribution in [1.29, 1.82) is 5.26 Å². The minimum atomic E-state index is 0.612. The fourth-order valence-electron chi connectivity index (χ4n) is 1.89. The fourth-order valence-corrected chi connectivity index (χ4v) is 2.27. The van der Waals surface area contributed by atoms with Crippen molar-refractivity contribution in [3.05, 3.63) is 63.6 Å². The van der Waals surface area contributed by atoms with Crippen LogP contribution in [0.2, 0.25) is 0 Å². The summed E-state index contributed by atoms with van der Waals surface area (Å²) in [6.07, 6.45) is 1.84. The van der Waals surface area contributed by atoms with Gasteiger partial charge in [-0.1, -0.05) is 45.8 Å². The van der Waals surface area contributed by atoms with Gasteiger partial charge >= 0.3 is 0 Å². The lowest BCUT2D eigenvalue weighted by Crippen LogP contribution is -1.88.